The van der Waals surface area contributed by atoms with Crippen LogP contribution in [0.4, 0.5) is 0 Å². The van der Waals surface area contributed by atoms with Crippen LogP contribution in [0.5, 0.6) is 0 Å². The molecule has 2 aromatic heterocycles. The fourth-order valence-electron chi connectivity index (χ4n) is 1.37. The largest absolute Gasteiger partial charge is 0.337 e. The maximum Gasteiger partial charge on any atom is 0.0945 e. The van der Waals surface area contributed by atoms with Crippen molar-refractivity contribution in [1.82, 2.24) is 24.5 Å². The van der Waals surface area contributed by atoms with Crippen LogP contribution in [0.2, 0.25) is 0 Å². The Kier molecular flexibility index (Phi) is 3.48. The minimum atomic E-state index is 0.858. The molecular formula is C10H14N5. The van der Waals surface area contributed by atoms with Gasteiger partial charge in [0.25, 0.3) is 0 Å². The quantitative estimate of drug-likeness (QED) is 0.663. The molecular weight excluding hydrogens is 190 g/mol. The molecule has 0 fully saturated rings. The lowest BCUT2D eigenvalue weighted by Crippen LogP contribution is -2.03. The lowest BCUT2D eigenvalue weighted by molar-refractivity contribution is 0.522. The molecule has 0 spiro atoms. The Morgan fingerprint density at radius 3 is 2.53 bits per heavy atom. The summed E-state index contributed by atoms with van der Waals surface area (Å²) in [6.45, 7) is 1.85. The second-order valence-corrected chi connectivity index (χ2v) is 3.29. The van der Waals surface area contributed by atoms with Crippen molar-refractivity contribution in [1.29, 1.82) is 0 Å². The van der Waals surface area contributed by atoms with Crippen molar-refractivity contribution in [3.8, 4) is 0 Å². The van der Waals surface area contributed by atoms with Gasteiger partial charge in [0.1, 0.15) is 0 Å². The zero-order valence-electron chi connectivity index (χ0n) is 8.53. The topological polar surface area (TPSA) is 48.5 Å². The summed E-state index contributed by atoms with van der Waals surface area (Å²) in [5.41, 5.74) is 0. The molecule has 0 amide bonds. The van der Waals surface area contributed by atoms with Crippen molar-refractivity contribution < 1.29 is 0 Å². The molecule has 15 heavy (non-hydrogen) atoms. The van der Waals surface area contributed by atoms with Crippen molar-refractivity contribution in [3.63, 3.8) is 0 Å². The highest BCUT2D eigenvalue weighted by Crippen LogP contribution is 1.98. The van der Waals surface area contributed by atoms with E-state index in [1.165, 1.54) is 0 Å². The number of aryl methyl sites for hydroxylation is 2. The number of hydrogen-bond donors (Lipinski definition) is 0. The van der Waals surface area contributed by atoms with Crippen LogP contribution in [0, 0.1) is 6.42 Å². The Morgan fingerprint density at radius 2 is 1.80 bits per heavy atom. The van der Waals surface area contributed by atoms with Crippen LogP contribution >= 0.6 is 0 Å². The third-order valence-electron chi connectivity index (χ3n) is 2.15. The summed E-state index contributed by atoms with van der Waals surface area (Å²) in [6, 6.07) is 0. The number of nitrogens with zero attached hydrogens (tertiary/aromatic N) is 5. The number of aromatic nitrogens is 5. The van der Waals surface area contributed by atoms with Gasteiger partial charge in [-0.1, -0.05) is 0 Å². The molecule has 0 saturated heterocycles. The van der Waals surface area contributed by atoms with Crippen molar-refractivity contribution in [2.75, 3.05) is 0 Å². The van der Waals surface area contributed by atoms with Gasteiger partial charge in [-0.25, -0.2) is 4.98 Å². The molecule has 0 aromatic carbocycles. The molecule has 0 bridgehead atoms. The minimum Gasteiger partial charge on any atom is -0.337 e. The summed E-state index contributed by atoms with van der Waals surface area (Å²) in [5.74, 6) is 0. The molecule has 0 aliphatic rings. The summed E-state index contributed by atoms with van der Waals surface area (Å²) in [7, 11) is 0. The number of hydrogen-bond acceptors (Lipinski definition) is 3. The van der Waals surface area contributed by atoms with Crippen molar-refractivity contribution in [3.05, 3.63) is 37.5 Å². The molecule has 2 aromatic rings. The highest BCUT2D eigenvalue weighted by Gasteiger charge is 1.94. The first-order chi connectivity index (χ1) is 7.45. The molecule has 0 unspecified atom stereocenters. The summed E-state index contributed by atoms with van der Waals surface area (Å²) < 4.78 is 2.07. The Hall–Kier alpha value is -1.65. The van der Waals surface area contributed by atoms with Crippen LogP contribution in [0.3, 0.4) is 0 Å². The molecule has 0 aliphatic heterocycles. The predicted molar refractivity (Wildman–Crippen MR) is 55.8 cm³/mol. The molecule has 79 valence electrons. The SMILES string of the molecule is [CH](CCn1ccnc1)CCn1nccn1. The molecule has 0 saturated carbocycles. The van der Waals surface area contributed by atoms with Gasteiger partial charge < -0.3 is 4.57 Å². The van der Waals surface area contributed by atoms with Gasteiger partial charge in [-0.05, 0) is 19.3 Å². The standard InChI is InChI=1S/C10H14N5/c1(2-7-14-9-6-11-10-14)3-8-15-12-4-5-13-15/h1,4-6,9-10H,2-3,7-8H2. The van der Waals surface area contributed by atoms with E-state index in [1.54, 1.807) is 23.4 Å². The van der Waals surface area contributed by atoms with Crippen LogP contribution in [0.15, 0.2) is 31.1 Å². The summed E-state index contributed by atoms with van der Waals surface area (Å²) in [6.07, 6.45) is 13.3. The third kappa shape index (κ3) is 3.19. The number of imidazole rings is 1. The second kappa shape index (κ2) is 5.29. The molecule has 1 radical (unpaired) electrons. The Bertz CT molecular complexity index is 315. The smallest absolute Gasteiger partial charge is 0.0945 e. The zero-order chi connectivity index (χ0) is 10.3. The zero-order valence-corrected chi connectivity index (χ0v) is 8.53. The third-order valence-corrected chi connectivity index (χ3v) is 2.15. The minimum absolute atomic E-state index is 0.858. The van der Waals surface area contributed by atoms with E-state index in [-0.39, 0.29) is 0 Å². The maximum absolute atomic E-state index is 4.03. The fraction of sp³-hybridized carbons (Fsp3) is 0.400. The first-order valence-corrected chi connectivity index (χ1v) is 5.06. The molecule has 2 heterocycles. The van der Waals surface area contributed by atoms with Crippen molar-refractivity contribution in [2.24, 2.45) is 0 Å². The van der Waals surface area contributed by atoms with Gasteiger partial charge in [-0.2, -0.15) is 15.0 Å². The van der Waals surface area contributed by atoms with Gasteiger partial charge in [0, 0.05) is 18.9 Å². The first-order valence-electron chi connectivity index (χ1n) is 5.06. The normalized spacial score (nSPS) is 10.7. The van der Waals surface area contributed by atoms with Crippen LogP contribution in [0.25, 0.3) is 0 Å². The molecule has 5 nitrogen and oxygen atoms in total. The average molecular weight is 204 g/mol. The van der Waals surface area contributed by atoms with Gasteiger partial charge in [0.2, 0.25) is 0 Å². The van der Waals surface area contributed by atoms with E-state index in [0.717, 1.165) is 25.9 Å². The second-order valence-electron chi connectivity index (χ2n) is 3.29. The summed E-state index contributed by atoms with van der Waals surface area (Å²) >= 11 is 0. The molecule has 5 heteroatoms. The van der Waals surface area contributed by atoms with Crippen LogP contribution in [-0.4, -0.2) is 24.5 Å². The van der Waals surface area contributed by atoms with Crippen molar-refractivity contribution >= 4 is 0 Å². The van der Waals surface area contributed by atoms with E-state index in [9.17, 15) is 0 Å². The van der Waals surface area contributed by atoms with E-state index in [1.807, 2.05) is 12.5 Å². The highest BCUT2D eigenvalue weighted by atomic mass is 15.5. The van der Waals surface area contributed by atoms with Gasteiger partial charge in [0.15, 0.2) is 0 Å². The van der Waals surface area contributed by atoms with Crippen molar-refractivity contribution in [2.45, 2.75) is 25.9 Å². The monoisotopic (exact) mass is 204 g/mol. The van der Waals surface area contributed by atoms with Crippen LogP contribution in [0.1, 0.15) is 12.8 Å². The van der Waals surface area contributed by atoms with E-state index < -0.39 is 0 Å². The van der Waals surface area contributed by atoms with Crippen LogP contribution < -0.4 is 0 Å². The lowest BCUT2D eigenvalue weighted by Gasteiger charge is -2.01. The van der Waals surface area contributed by atoms with Gasteiger partial charge >= 0.3 is 0 Å². The maximum atomic E-state index is 4.03. The predicted octanol–water partition coefficient (Wildman–Crippen LogP) is 1.16. The number of unbranched alkanes of at least 4 members (excludes halogenated alkanes) is 2. The van der Waals surface area contributed by atoms with Crippen LogP contribution in [-0.2, 0) is 13.1 Å². The summed E-state index contributed by atoms with van der Waals surface area (Å²) in [5, 5.41) is 8.07. The first kappa shape index (κ1) is 9.89. The van der Waals surface area contributed by atoms with Gasteiger partial charge in [0.05, 0.1) is 25.3 Å². The molecule has 0 N–H and O–H groups in total. The fourth-order valence-corrected chi connectivity index (χ4v) is 1.37. The highest BCUT2D eigenvalue weighted by molar-refractivity contribution is 4.75. The Balaban J connectivity index is 1.56. The van der Waals surface area contributed by atoms with E-state index in [4.69, 9.17) is 0 Å². The van der Waals surface area contributed by atoms with Gasteiger partial charge in [-0.15, -0.1) is 0 Å². The number of rotatable bonds is 6. The molecule has 2 rings (SSSR count). The van der Waals surface area contributed by atoms with Gasteiger partial charge in [-0.3, -0.25) is 0 Å². The van der Waals surface area contributed by atoms with E-state index in [2.05, 4.69) is 26.2 Å². The molecule has 0 aliphatic carbocycles. The van der Waals surface area contributed by atoms with E-state index in [0.29, 0.717) is 0 Å². The molecule has 0 atom stereocenters. The summed E-state index contributed by atoms with van der Waals surface area (Å²) in [4.78, 5) is 5.69. The van der Waals surface area contributed by atoms with E-state index >= 15 is 0 Å². The Morgan fingerprint density at radius 1 is 1.00 bits per heavy atom. The lowest BCUT2D eigenvalue weighted by atomic mass is 10.2. The Labute approximate surface area is 88.7 Å². The average Bonchev–Trinajstić information content (AvgIpc) is 2.88.